The normalized spacial score (nSPS) is 19.3. The van der Waals surface area contributed by atoms with Crippen molar-refractivity contribution in [3.8, 4) is 0 Å². The van der Waals surface area contributed by atoms with Crippen molar-refractivity contribution >= 4 is 11.5 Å². The van der Waals surface area contributed by atoms with Crippen molar-refractivity contribution in [3.05, 3.63) is 5.69 Å². The zero-order chi connectivity index (χ0) is 10.8. The van der Waals surface area contributed by atoms with Gasteiger partial charge >= 0.3 is 0 Å². The quantitative estimate of drug-likeness (QED) is 0.783. The molecule has 0 saturated heterocycles. The first kappa shape index (κ1) is 10.3. The van der Waals surface area contributed by atoms with Gasteiger partial charge in [0, 0.05) is 20.2 Å². The summed E-state index contributed by atoms with van der Waals surface area (Å²) in [5, 5.41) is 11.3. The van der Waals surface area contributed by atoms with E-state index in [9.17, 15) is 0 Å². The van der Waals surface area contributed by atoms with Gasteiger partial charge in [-0.15, -0.1) is 0 Å². The lowest BCUT2D eigenvalue weighted by Crippen LogP contribution is -2.37. The average molecular weight is 210 g/mol. The van der Waals surface area contributed by atoms with Crippen molar-refractivity contribution in [1.82, 2.24) is 9.78 Å². The highest BCUT2D eigenvalue weighted by Gasteiger charge is 2.22. The summed E-state index contributed by atoms with van der Waals surface area (Å²) in [6.07, 6.45) is 0. The van der Waals surface area contributed by atoms with Gasteiger partial charge in [-0.05, 0) is 13.8 Å². The summed E-state index contributed by atoms with van der Waals surface area (Å²) in [6.45, 7) is 6.59. The Morgan fingerprint density at radius 1 is 1.60 bits per heavy atom. The molecule has 15 heavy (non-hydrogen) atoms. The van der Waals surface area contributed by atoms with Crippen molar-refractivity contribution in [2.24, 2.45) is 0 Å². The Morgan fingerprint density at radius 3 is 3.07 bits per heavy atom. The summed E-state index contributed by atoms with van der Waals surface area (Å²) in [4.78, 5) is 0. The highest BCUT2D eigenvalue weighted by molar-refractivity contribution is 5.70. The van der Waals surface area contributed by atoms with Crippen LogP contribution in [0.3, 0.4) is 0 Å². The number of methoxy groups -OCH3 is 1. The topological polar surface area (TPSA) is 51.1 Å². The van der Waals surface area contributed by atoms with E-state index in [0.29, 0.717) is 12.6 Å². The molecule has 0 radical (unpaired) electrons. The minimum Gasteiger partial charge on any atom is -0.382 e. The van der Waals surface area contributed by atoms with Gasteiger partial charge in [0.1, 0.15) is 11.5 Å². The van der Waals surface area contributed by atoms with Gasteiger partial charge in [-0.2, -0.15) is 5.10 Å². The number of anilines is 2. The lowest BCUT2D eigenvalue weighted by Gasteiger charge is -2.26. The molecule has 0 fully saturated rings. The van der Waals surface area contributed by atoms with E-state index in [0.717, 1.165) is 30.3 Å². The molecule has 2 N–H and O–H groups in total. The van der Waals surface area contributed by atoms with Gasteiger partial charge in [0.25, 0.3) is 0 Å². The zero-order valence-electron chi connectivity index (χ0n) is 9.50. The lowest BCUT2D eigenvalue weighted by atomic mass is 10.2. The fourth-order valence-corrected chi connectivity index (χ4v) is 1.94. The number of fused-ring (bicyclic) bond motifs is 1. The van der Waals surface area contributed by atoms with Crippen LogP contribution in [0.5, 0.6) is 0 Å². The summed E-state index contributed by atoms with van der Waals surface area (Å²) in [5.74, 6) is 1.09. The Balaban J connectivity index is 2.23. The van der Waals surface area contributed by atoms with Crippen LogP contribution < -0.4 is 10.6 Å². The highest BCUT2D eigenvalue weighted by Crippen LogP contribution is 2.29. The summed E-state index contributed by atoms with van der Waals surface area (Å²) in [5.41, 5.74) is 2.18. The van der Waals surface area contributed by atoms with E-state index in [1.165, 1.54) is 0 Å². The van der Waals surface area contributed by atoms with Crippen LogP contribution in [0.1, 0.15) is 12.6 Å². The molecule has 0 amide bonds. The molecular weight excluding hydrogens is 192 g/mol. The molecule has 2 rings (SSSR count). The predicted molar refractivity (Wildman–Crippen MR) is 60.4 cm³/mol. The molecule has 0 spiro atoms. The molecule has 5 nitrogen and oxygen atoms in total. The van der Waals surface area contributed by atoms with E-state index >= 15 is 0 Å². The van der Waals surface area contributed by atoms with Crippen molar-refractivity contribution < 1.29 is 4.74 Å². The minimum absolute atomic E-state index is 0.323. The Morgan fingerprint density at radius 2 is 2.40 bits per heavy atom. The number of hydrogen-bond donors (Lipinski definition) is 2. The second kappa shape index (κ2) is 4.10. The smallest absolute Gasteiger partial charge is 0.148 e. The Bertz CT molecular complexity index is 347. The van der Waals surface area contributed by atoms with E-state index in [1.807, 2.05) is 11.6 Å². The Labute approximate surface area is 89.8 Å². The molecule has 84 valence electrons. The Kier molecular flexibility index (Phi) is 2.81. The molecule has 1 unspecified atom stereocenters. The molecule has 5 heteroatoms. The molecule has 1 aromatic heterocycles. The number of rotatable bonds is 3. The highest BCUT2D eigenvalue weighted by atomic mass is 16.5. The lowest BCUT2D eigenvalue weighted by molar-refractivity contribution is 0.188. The standard InChI is InChI=1S/C10H18N4O/c1-4-14-10-9(7(2)13-14)11-5-8(12-10)6-15-3/h8,11-12H,4-6H2,1-3H3. The molecule has 0 saturated carbocycles. The molecule has 0 aromatic carbocycles. The largest absolute Gasteiger partial charge is 0.382 e. The first-order chi connectivity index (χ1) is 7.26. The van der Waals surface area contributed by atoms with Crippen molar-refractivity contribution in [1.29, 1.82) is 0 Å². The zero-order valence-corrected chi connectivity index (χ0v) is 9.50. The second-order valence-corrected chi connectivity index (χ2v) is 3.80. The predicted octanol–water partition coefficient (Wildman–Crippen LogP) is 1.06. The average Bonchev–Trinajstić information content (AvgIpc) is 2.56. The van der Waals surface area contributed by atoms with Crippen LogP contribution in [0.15, 0.2) is 0 Å². The molecule has 1 aromatic rings. The maximum Gasteiger partial charge on any atom is 0.148 e. The summed E-state index contributed by atoms with van der Waals surface area (Å²) >= 11 is 0. The summed E-state index contributed by atoms with van der Waals surface area (Å²) in [6, 6.07) is 0.323. The fraction of sp³-hybridized carbons (Fsp3) is 0.700. The maximum absolute atomic E-state index is 5.14. The molecule has 1 atom stereocenters. The van der Waals surface area contributed by atoms with Gasteiger partial charge in [0.15, 0.2) is 0 Å². The van der Waals surface area contributed by atoms with Crippen LogP contribution in [-0.2, 0) is 11.3 Å². The van der Waals surface area contributed by atoms with Gasteiger partial charge < -0.3 is 15.4 Å². The number of nitrogens with one attached hydrogen (secondary N) is 2. The van der Waals surface area contributed by atoms with Crippen LogP contribution in [-0.4, -0.2) is 36.1 Å². The van der Waals surface area contributed by atoms with E-state index < -0.39 is 0 Å². The summed E-state index contributed by atoms with van der Waals surface area (Å²) in [7, 11) is 1.72. The van der Waals surface area contributed by atoms with Crippen molar-refractivity contribution in [2.45, 2.75) is 26.4 Å². The third-order valence-corrected chi connectivity index (χ3v) is 2.66. The van der Waals surface area contributed by atoms with Crippen LogP contribution in [0.4, 0.5) is 11.5 Å². The molecule has 1 aliphatic rings. The maximum atomic E-state index is 5.14. The number of aryl methyl sites for hydroxylation is 2. The minimum atomic E-state index is 0.323. The monoisotopic (exact) mass is 210 g/mol. The first-order valence-electron chi connectivity index (χ1n) is 5.33. The summed E-state index contributed by atoms with van der Waals surface area (Å²) < 4.78 is 7.13. The van der Waals surface area contributed by atoms with E-state index in [1.54, 1.807) is 7.11 Å². The van der Waals surface area contributed by atoms with Crippen LogP contribution in [0.2, 0.25) is 0 Å². The van der Waals surface area contributed by atoms with Gasteiger partial charge in [-0.3, -0.25) is 0 Å². The van der Waals surface area contributed by atoms with Crippen LogP contribution in [0.25, 0.3) is 0 Å². The third-order valence-electron chi connectivity index (χ3n) is 2.66. The molecule has 0 aliphatic carbocycles. The van der Waals surface area contributed by atoms with E-state index in [2.05, 4.69) is 22.7 Å². The van der Waals surface area contributed by atoms with Crippen LogP contribution in [0, 0.1) is 6.92 Å². The SMILES string of the molecule is CCn1nc(C)c2c1NC(COC)CN2. The first-order valence-corrected chi connectivity index (χ1v) is 5.33. The molecule has 2 heterocycles. The molecular formula is C10H18N4O. The number of hydrogen-bond acceptors (Lipinski definition) is 4. The second-order valence-electron chi connectivity index (χ2n) is 3.80. The van der Waals surface area contributed by atoms with Gasteiger partial charge in [-0.1, -0.05) is 0 Å². The van der Waals surface area contributed by atoms with Crippen LogP contribution >= 0.6 is 0 Å². The molecule has 1 aliphatic heterocycles. The van der Waals surface area contributed by atoms with Gasteiger partial charge in [0.05, 0.1) is 18.3 Å². The van der Waals surface area contributed by atoms with E-state index in [-0.39, 0.29) is 0 Å². The van der Waals surface area contributed by atoms with Gasteiger partial charge in [-0.25, -0.2) is 4.68 Å². The fourth-order valence-electron chi connectivity index (χ4n) is 1.94. The number of nitrogens with zero attached hydrogens (tertiary/aromatic N) is 2. The Hall–Kier alpha value is -1.23. The molecule has 0 bridgehead atoms. The van der Waals surface area contributed by atoms with Crippen molar-refractivity contribution in [2.75, 3.05) is 30.9 Å². The third kappa shape index (κ3) is 1.79. The number of aromatic nitrogens is 2. The van der Waals surface area contributed by atoms with E-state index in [4.69, 9.17) is 4.74 Å². The van der Waals surface area contributed by atoms with Gasteiger partial charge in [0.2, 0.25) is 0 Å². The number of ether oxygens (including phenoxy) is 1. The van der Waals surface area contributed by atoms with Crippen molar-refractivity contribution in [3.63, 3.8) is 0 Å².